The van der Waals surface area contributed by atoms with Gasteiger partial charge in [-0.3, -0.25) is 13.9 Å². The minimum atomic E-state index is -4.24. The van der Waals surface area contributed by atoms with Gasteiger partial charge in [-0.2, -0.15) is 0 Å². The molecule has 10 heteroatoms. The van der Waals surface area contributed by atoms with Gasteiger partial charge in [0.1, 0.15) is 18.3 Å². The van der Waals surface area contributed by atoms with Crippen LogP contribution in [0.3, 0.4) is 0 Å². The largest absolute Gasteiger partial charge is 0.497 e. The summed E-state index contributed by atoms with van der Waals surface area (Å²) in [6.07, 6.45) is 0.916. The summed E-state index contributed by atoms with van der Waals surface area (Å²) in [5, 5.41) is 3.20. The fraction of sp³-hybridized carbons (Fsp3) is 0.257. The highest BCUT2D eigenvalue weighted by molar-refractivity contribution is 7.92. The SMILES string of the molecule is CC[C@H](C)NC(=O)[C@@H](Cc1ccccc1)N(Cc1cccc(OC)c1)C(=O)CN(c1ccccc1Cl)S(=O)(=O)c1ccccc1. The van der Waals surface area contributed by atoms with Crippen LogP contribution in [0, 0.1) is 0 Å². The van der Waals surface area contributed by atoms with Gasteiger partial charge in [-0.25, -0.2) is 8.42 Å². The van der Waals surface area contributed by atoms with Crippen molar-refractivity contribution < 1.29 is 22.7 Å². The molecule has 0 aliphatic carbocycles. The fourth-order valence-corrected chi connectivity index (χ4v) is 6.59. The van der Waals surface area contributed by atoms with Crippen LogP contribution < -0.4 is 14.4 Å². The zero-order valence-electron chi connectivity index (χ0n) is 25.6. The highest BCUT2D eigenvalue weighted by Crippen LogP contribution is 2.31. The van der Waals surface area contributed by atoms with E-state index in [-0.39, 0.29) is 40.5 Å². The van der Waals surface area contributed by atoms with E-state index in [1.54, 1.807) is 67.8 Å². The number of carbonyl (C=O) groups is 2. The Morgan fingerprint density at radius 2 is 1.49 bits per heavy atom. The lowest BCUT2D eigenvalue weighted by atomic mass is 10.0. The number of methoxy groups -OCH3 is 1. The molecule has 2 atom stereocenters. The second-order valence-electron chi connectivity index (χ2n) is 10.7. The third kappa shape index (κ3) is 8.65. The molecule has 0 heterocycles. The summed E-state index contributed by atoms with van der Waals surface area (Å²) in [5.41, 5.74) is 1.72. The summed E-state index contributed by atoms with van der Waals surface area (Å²) in [4.78, 5) is 29.9. The highest BCUT2D eigenvalue weighted by Gasteiger charge is 2.35. The average molecular weight is 648 g/mol. The van der Waals surface area contributed by atoms with Crippen LogP contribution in [0.1, 0.15) is 31.4 Å². The van der Waals surface area contributed by atoms with Crippen molar-refractivity contribution in [2.24, 2.45) is 0 Å². The van der Waals surface area contributed by atoms with E-state index in [0.717, 1.165) is 9.87 Å². The molecular formula is C35H38ClN3O5S. The van der Waals surface area contributed by atoms with Crippen molar-refractivity contribution in [3.63, 3.8) is 0 Å². The third-order valence-corrected chi connectivity index (χ3v) is 9.58. The Morgan fingerprint density at radius 1 is 0.867 bits per heavy atom. The molecule has 0 aliphatic heterocycles. The molecular weight excluding hydrogens is 610 g/mol. The van der Waals surface area contributed by atoms with Crippen LogP contribution in [0.2, 0.25) is 5.02 Å². The zero-order valence-corrected chi connectivity index (χ0v) is 27.2. The van der Waals surface area contributed by atoms with Gasteiger partial charge in [-0.05, 0) is 60.9 Å². The first kappa shape index (κ1) is 33.6. The summed E-state index contributed by atoms with van der Waals surface area (Å²) in [5.74, 6) is -0.315. The van der Waals surface area contributed by atoms with Crippen LogP contribution in [-0.4, -0.2) is 50.9 Å². The van der Waals surface area contributed by atoms with Crippen LogP contribution >= 0.6 is 11.6 Å². The number of amides is 2. The molecule has 236 valence electrons. The topological polar surface area (TPSA) is 96.0 Å². The van der Waals surface area contributed by atoms with Gasteiger partial charge in [-0.1, -0.05) is 91.3 Å². The van der Waals surface area contributed by atoms with Crippen LogP contribution in [0.25, 0.3) is 0 Å². The van der Waals surface area contributed by atoms with Crippen molar-refractivity contribution in [1.82, 2.24) is 10.2 Å². The zero-order chi connectivity index (χ0) is 32.4. The van der Waals surface area contributed by atoms with E-state index in [9.17, 15) is 18.0 Å². The Balaban J connectivity index is 1.82. The molecule has 0 fully saturated rings. The number of ether oxygens (including phenoxy) is 1. The summed E-state index contributed by atoms with van der Waals surface area (Å²) in [7, 11) is -2.68. The average Bonchev–Trinajstić information content (AvgIpc) is 3.06. The Kier molecular flexibility index (Phi) is 11.6. The molecule has 8 nitrogen and oxygen atoms in total. The van der Waals surface area contributed by atoms with Gasteiger partial charge in [0.15, 0.2) is 0 Å². The number of rotatable bonds is 14. The van der Waals surface area contributed by atoms with Gasteiger partial charge < -0.3 is 15.0 Å². The number of anilines is 1. The predicted molar refractivity (Wildman–Crippen MR) is 178 cm³/mol. The van der Waals surface area contributed by atoms with Crippen LogP contribution in [0.5, 0.6) is 5.75 Å². The molecule has 0 saturated heterocycles. The van der Waals surface area contributed by atoms with Gasteiger partial charge in [0.2, 0.25) is 11.8 Å². The molecule has 45 heavy (non-hydrogen) atoms. The lowest BCUT2D eigenvalue weighted by Gasteiger charge is -2.34. The Bertz CT molecular complexity index is 1690. The van der Waals surface area contributed by atoms with E-state index in [4.69, 9.17) is 16.3 Å². The maximum atomic E-state index is 14.5. The van der Waals surface area contributed by atoms with Gasteiger partial charge >= 0.3 is 0 Å². The summed E-state index contributed by atoms with van der Waals surface area (Å²) in [6.45, 7) is 3.31. The van der Waals surface area contributed by atoms with Gasteiger partial charge in [0.05, 0.1) is 22.7 Å². The summed E-state index contributed by atoms with van der Waals surface area (Å²) in [6, 6.07) is 29.9. The lowest BCUT2D eigenvalue weighted by molar-refractivity contribution is -0.140. The monoisotopic (exact) mass is 647 g/mol. The van der Waals surface area contributed by atoms with E-state index in [1.807, 2.05) is 50.2 Å². The fourth-order valence-electron chi connectivity index (χ4n) is 4.85. The summed E-state index contributed by atoms with van der Waals surface area (Å²) < 4.78 is 34.6. The summed E-state index contributed by atoms with van der Waals surface area (Å²) >= 11 is 6.52. The van der Waals surface area contributed by atoms with Gasteiger partial charge in [-0.15, -0.1) is 0 Å². The normalized spacial score (nSPS) is 12.5. The molecule has 0 radical (unpaired) electrons. The maximum absolute atomic E-state index is 14.5. The molecule has 0 saturated carbocycles. The van der Waals surface area contributed by atoms with E-state index in [1.165, 1.54) is 17.0 Å². The first-order valence-electron chi connectivity index (χ1n) is 14.7. The molecule has 0 aliphatic rings. The van der Waals surface area contributed by atoms with E-state index in [2.05, 4.69) is 5.32 Å². The van der Waals surface area contributed by atoms with Crippen LogP contribution in [0.4, 0.5) is 5.69 Å². The van der Waals surface area contributed by atoms with Crippen molar-refractivity contribution in [3.8, 4) is 5.75 Å². The van der Waals surface area contributed by atoms with Crippen molar-refractivity contribution in [2.45, 2.75) is 50.2 Å². The number of halogens is 1. The Hall–Kier alpha value is -4.34. The number of para-hydroxylation sites is 1. The Labute approximate surface area is 270 Å². The first-order valence-corrected chi connectivity index (χ1v) is 16.5. The van der Waals surface area contributed by atoms with Crippen molar-refractivity contribution in [1.29, 1.82) is 0 Å². The second kappa shape index (κ2) is 15.6. The number of nitrogens with one attached hydrogen (secondary N) is 1. The number of hydrogen-bond donors (Lipinski definition) is 1. The Morgan fingerprint density at radius 3 is 2.13 bits per heavy atom. The van der Waals surface area contributed by atoms with Crippen molar-refractivity contribution in [3.05, 3.63) is 125 Å². The molecule has 2 amide bonds. The molecule has 4 aromatic rings. The quantitative estimate of drug-likeness (QED) is 0.179. The van der Waals surface area contributed by atoms with Gasteiger partial charge in [0, 0.05) is 19.0 Å². The van der Waals surface area contributed by atoms with E-state index in [0.29, 0.717) is 17.7 Å². The predicted octanol–water partition coefficient (Wildman–Crippen LogP) is 6.10. The lowest BCUT2D eigenvalue weighted by Crippen LogP contribution is -2.54. The van der Waals surface area contributed by atoms with E-state index < -0.39 is 28.5 Å². The van der Waals surface area contributed by atoms with Crippen LogP contribution in [0.15, 0.2) is 114 Å². The molecule has 0 unspecified atom stereocenters. The number of sulfonamides is 1. The van der Waals surface area contributed by atoms with Gasteiger partial charge in [0.25, 0.3) is 10.0 Å². The number of hydrogen-bond acceptors (Lipinski definition) is 5. The minimum Gasteiger partial charge on any atom is -0.497 e. The highest BCUT2D eigenvalue weighted by atomic mass is 35.5. The van der Waals surface area contributed by atoms with Crippen molar-refractivity contribution in [2.75, 3.05) is 18.0 Å². The molecule has 0 spiro atoms. The maximum Gasteiger partial charge on any atom is 0.264 e. The second-order valence-corrected chi connectivity index (χ2v) is 12.9. The molecule has 0 aromatic heterocycles. The number of carbonyl (C=O) groups excluding carboxylic acids is 2. The molecule has 4 aromatic carbocycles. The standard InChI is InChI=1S/C35H38ClN3O5S/c1-4-26(2)37-35(41)33(23-27-14-7-5-8-15-27)38(24-28-16-13-17-29(22-28)44-3)34(40)25-39(32-21-12-11-20-31(32)36)45(42,43)30-18-9-6-10-19-30/h5-22,26,33H,4,23-25H2,1-3H3,(H,37,41)/t26-,33+/m0/s1. The molecule has 0 bridgehead atoms. The number of benzene rings is 4. The first-order chi connectivity index (χ1) is 21.6. The third-order valence-electron chi connectivity index (χ3n) is 7.49. The van der Waals surface area contributed by atoms with Crippen LogP contribution in [-0.2, 0) is 32.6 Å². The molecule has 4 rings (SSSR count). The minimum absolute atomic E-state index is 0.00687. The van der Waals surface area contributed by atoms with E-state index >= 15 is 0 Å². The smallest absolute Gasteiger partial charge is 0.264 e. The van der Waals surface area contributed by atoms with Crippen molar-refractivity contribution >= 4 is 39.1 Å². The number of nitrogens with zero attached hydrogens (tertiary/aromatic N) is 2. The molecule has 1 N–H and O–H groups in total.